The molecule has 1 aromatic heterocycles. The number of carboxylic acids is 1. The van der Waals surface area contributed by atoms with Gasteiger partial charge in [-0.15, -0.1) is 11.3 Å². The van der Waals surface area contributed by atoms with Crippen LogP contribution in [0.25, 0.3) is 0 Å². The monoisotopic (exact) mass is 300 g/mol. The van der Waals surface area contributed by atoms with Crippen molar-refractivity contribution in [3.8, 4) is 0 Å². The fraction of sp³-hybridized carbons (Fsp3) is 0.389. The third-order valence-corrected chi connectivity index (χ3v) is 5.78. The highest BCUT2D eigenvalue weighted by Crippen LogP contribution is 2.40. The van der Waals surface area contributed by atoms with E-state index in [-0.39, 0.29) is 0 Å². The standard InChI is InChI=1S/C18H20O2S/c1-2-15-7-8-16(21-15)12-18(17(19)20)10-9-13-5-3-4-6-14(13)11-18/h3-8H,2,9-12H2,1H3,(H,19,20). The van der Waals surface area contributed by atoms with Crippen molar-refractivity contribution in [2.24, 2.45) is 5.41 Å². The molecule has 0 saturated heterocycles. The normalized spacial score (nSPS) is 21.0. The number of carboxylic acid groups (broad SMARTS) is 1. The van der Waals surface area contributed by atoms with Gasteiger partial charge in [-0.2, -0.15) is 0 Å². The molecule has 1 unspecified atom stereocenters. The molecule has 3 heteroatoms. The first-order valence-corrected chi connectivity index (χ1v) is 8.32. The lowest BCUT2D eigenvalue weighted by atomic mass is 9.69. The Kier molecular flexibility index (Phi) is 3.85. The molecule has 1 aliphatic rings. The van der Waals surface area contributed by atoms with Gasteiger partial charge in [0.1, 0.15) is 0 Å². The van der Waals surface area contributed by atoms with Gasteiger partial charge in [-0.05, 0) is 55.4 Å². The lowest BCUT2D eigenvalue weighted by molar-refractivity contribution is -0.149. The van der Waals surface area contributed by atoms with E-state index in [4.69, 9.17) is 0 Å². The van der Waals surface area contributed by atoms with Crippen LogP contribution in [0.3, 0.4) is 0 Å². The number of hydrogen-bond donors (Lipinski definition) is 1. The maximum atomic E-state index is 12.0. The van der Waals surface area contributed by atoms with Gasteiger partial charge in [-0.3, -0.25) is 4.79 Å². The number of carbonyl (C=O) groups is 1. The fourth-order valence-corrected chi connectivity index (χ4v) is 4.35. The Labute approximate surface area is 129 Å². The summed E-state index contributed by atoms with van der Waals surface area (Å²) in [6.45, 7) is 2.14. The van der Waals surface area contributed by atoms with Crippen LogP contribution in [0.5, 0.6) is 0 Å². The molecular formula is C18H20O2S. The Morgan fingerprint density at radius 2 is 1.90 bits per heavy atom. The van der Waals surface area contributed by atoms with E-state index in [1.807, 2.05) is 12.1 Å². The average Bonchev–Trinajstić information content (AvgIpc) is 2.94. The highest BCUT2D eigenvalue weighted by molar-refractivity contribution is 7.12. The Balaban J connectivity index is 1.89. The van der Waals surface area contributed by atoms with Crippen LogP contribution in [0.4, 0.5) is 0 Å². The van der Waals surface area contributed by atoms with Gasteiger partial charge in [0.05, 0.1) is 5.41 Å². The zero-order valence-electron chi connectivity index (χ0n) is 12.3. The van der Waals surface area contributed by atoms with Gasteiger partial charge in [0, 0.05) is 9.75 Å². The summed E-state index contributed by atoms with van der Waals surface area (Å²) in [5, 5.41) is 9.84. The summed E-state index contributed by atoms with van der Waals surface area (Å²) in [4.78, 5) is 14.5. The maximum Gasteiger partial charge on any atom is 0.310 e. The first-order valence-electron chi connectivity index (χ1n) is 7.51. The molecule has 0 saturated carbocycles. The van der Waals surface area contributed by atoms with Crippen molar-refractivity contribution in [3.63, 3.8) is 0 Å². The summed E-state index contributed by atoms with van der Waals surface area (Å²) in [5.74, 6) is -0.650. The van der Waals surface area contributed by atoms with Crippen molar-refractivity contribution >= 4 is 17.3 Å². The van der Waals surface area contributed by atoms with Gasteiger partial charge in [0.15, 0.2) is 0 Å². The van der Waals surface area contributed by atoms with Crippen LogP contribution in [-0.2, 0) is 30.5 Å². The average molecular weight is 300 g/mol. The third kappa shape index (κ3) is 2.75. The maximum absolute atomic E-state index is 12.0. The molecule has 1 N–H and O–H groups in total. The molecule has 21 heavy (non-hydrogen) atoms. The summed E-state index contributed by atoms with van der Waals surface area (Å²) < 4.78 is 0. The molecule has 1 heterocycles. The van der Waals surface area contributed by atoms with E-state index < -0.39 is 11.4 Å². The molecular weight excluding hydrogens is 280 g/mol. The predicted octanol–water partition coefficient (Wildman–Crippen LogP) is 4.11. The molecule has 0 amide bonds. The SMILES string of the molecule is CCc1ccc(CC2(C(=O)O)CCc3ccccc3C2)s1. The first-order chi connectivity index (χ1) is 10.1. The summed E-state index contributed by atoms with van der Waals surface area (Å²) in [7, 11) is 0. The van der Waals surface area contributed by atoms with Gasteiger partial charge in [0.2, 0.25) is 0 Å². The van der Waals surface area contributed by atoms with Crippen molar-refractivity contribution < 1.29 is 9.90 Å². The van der Waals surface area contributed by atoms with Crippen molar-refractivity contribution in [3.05, 3.63) is 57.3 Å². The fourth-order valence-electron chi connectivity index (χ4n) is 3.25. The number of thiophene rings is 1. The minimum atomic E-state index is -0.650. The van der Waals surface area contributed by atoms with Crippen LogP contribution in [0.2, 0.25) is 0 Å². The number of hydrogen-bond acceptors (Lipinski definition) is 2. The molecule has 1 aromatic carbocycles. The highest BCUT2D eigenvalue weighted by Gasteiger charge is 2.41. The van der Waals surface area contributed by atoms with Crippen LogP contribution in [0.15, 0.2) is 36.4 Å². The minimum Gasteiger partial charge on any atom is -0.481 e. The Hall–Kier alpha value is -1.61. The second-order valence-electron chi connectivity index (χ2n) is 5.93. The first kappa shape index (κ1) is 14.3. The molecule has 0 spiro atoms. The van der Waals surface area contributed by atoms with Crippen molar-refractivity contribution in [1.82, 2.24) is 0 Å². The number of fused-ring (bicyclic) bond motifs is 1. The largest absolute Gasteiger partial charge is 0.481 e. The molecule has 3 rings (SSSR count). The van der Waals surface area contributed by atoms with Gasteiger partial charge < -0.3 is 5.11 Å². The lowest BCUT2D eigenvalue weighted by Crippen LogP contribution is -2.38. The van der Waals surface area contributed by atoms with Crippen LogP contribution >= 0.6 is 11.3 Å². The molecule has 0 aliphatic heterocycles. The van der Waals surface area contributed by atoms with Crippen LogP contribution in [0, 0.1) is 5.41 Å². The predicted molar refractivity (Wildman–Crippen MR) is 85.9 cm³/mol. The molecule has 1 aliphatic carbocycles. The summed E-state index contributed by atoms with van der Waals surface area (Å²) in [6, 6.07) is 12.5. The van der Waals surface area contributed by atoms with E-state index in [2.05, 4.69) is 31.2 Å². The van der Waals surface area contributed by atoms with Crippen LogP contribution in [-0.4, -0.2) is 11.1 Å². The summed E-state index contributed by atoms with van der Waals surface area (Å²) >= 11 is 1.76. The van der Waals surface area contributed by atoms with Gasteiger partial charge in [0.25, 0.3) is 0 Å². The summed E-state index contributed by atoms with van der Waals surface area (Å²) in [6.07, 6.45) is 3.93. The van der Waals surface area contributed by atoms with E-state index in [9.17, 15) is 9.90 Å². The Morgan fingerprint density at radius 3 is 2.57 bits per heavy atom. The number of aliphatic carboxylic acids is 1. The smallest absolute Gasteiger partial charge is 0.310 e. The van der Waals surface area contributed by atoms with Crippen LogP contribution < -0.4 is 0 Å². The zero-order valence-corrected chi connectivity index (χ0v) is 13.1. The molecule has 0 radical (unpaired) electrons. The number of aryl methyl sites for hydroxylation is 2. The molecule has 2 nitrogen and oxygen atoms in total. The van der Waals surface area contributed by atoms with Gasteiger partial charge in [-0.1, -0.05) is 31.2 Å². The molecule has 0 fully saturated rings. The lowest BCUT2D eigenvalue weighted by Gasteiger charge is -2.34. The topological polar surface area (TPSA) is 37.3 Å². The minimum absolute atomic E-state index is 0.635. The quantitative estimate of drug-likeness (QED) is 0.922. The Morgan fingerprint density at radius 1 is 1.19 bits per heavy atom. The second kappa shape index (κ2) is 5.64. The number of rotatable bonds is 4. The number of benzene rings is 1. The van der Waals surface area contributed by atoms with Crippen molar-refractivity contribution in [2.75, 3.05) is 0 Å². The van der Waals surface area contributed by atoms with Crippen LogP contribution in [0.1, 0.15) is 34.2 Å². The van der Waals surface area contributed by atoms with E-state index in [0.29, 0.717) is 12.8 Å². The van der Waals surface area contributed by atoms with Crippen molar-refractivity contribution in [1.29, 1.82) is 0 Å². The molecule has 1 atom stereocenters. The molecule has 0 bridgehead atoms. The molecule has 2 aromatic rings. The zero-order chi connectivity index (χ0) is 14.9. The van der Waals surface area contributed by atoms with Gasteiger partial charge in [-0.25, -0.2) is 0 Å². The second-order valence-corrected chi connectivity index (χ2v) is 7.18. The molecule has 110 valence electrons. The van der Waals surface area contributed by atoms with E-state index in [1.165, 1.54) is 20.9 Å². The van der Waals surface area contributed by atoms with E-state index in [1.54, 1.807) is 11.3 Å². The summed E-state index contributed by atoms with van der Waals surface area (Å²) in [5.41, 5.74) is 1.89. The highest BCUT2D eigenvalue weighted by atomic mass is 32.1. The van der Waals surface area contributed by atoms with E-state index in [0.717, 1.165) is 19.3 Å². The van der Waals surface area contributed by atoms with E-state index >= 15 is 0 Å². The third-order valence-electron chi connectivity index (χ3n) is 4.55. The van der Waals surface area contributed by atoms with Crippen molar-refractivity contribution in [2.45, 2.75) is 39.0 Å². The van der Waals surface area contributed by atoms with Gasteiger partial charge >= 0.3 is 5.97 Å². The Bertz CT molecular complexity index is 659.